The molecule has 2 N–H and O–H groups in total. The van der Waals surface area contributed by atoms with Crippen LogP contribution in [0.4, 0.5) is 0 Å². The quantitative estimate of drug-likeness (QED) is 0.755. The average molecular weight is 196 g/mol. The van der Waals surface area contributed by atoms with E-state index in [1.807, 2.05) is 6.07 Å². The molecule has 0 saturated carbocycles. The van der Waals surface area contributed by atoms with Crippen molar-refractivity contribution in [2.75, 3.05) is 13.6 Å². The van der Waals surface area contributed by atoms with Crippen molar-refractivity contribution in [2.45, 2.75) is 32.4 Å². The Bertz CT molecular complexity index is 233. The van der Waals surface area contributed by atoms with E-state index in [2.05, 4.69) is 18.9 Å². The van der Waals surface area contributed by atoms with Gasteiger partial charge in [-0.2, -0.15) is 0 Å². The van der Waals surface area contributed by atoms with Gasteiger partial charge in [0.05, 0.1) is 12.5 Å². The third-order valence-electron chi connectivity index (χ3n) is 2.61. The third-order valence-corrected chi connectivity index (χ3v) is 2.61. The lowest BCUT2D eigenvalue weighted by Gasteiger charge is -2.26. The van der Waals surface area contributed by atoms with Crippen molar-refractivity contribution in [3.05, 3.63) is 24.2 Å². The summed E-state index contributed by atoms with van der Waals surface area (Å²) in [4.78, 5) is 2.33. The second-order valence-electron chi connectivity index (χ2n) is 3.69. The number of nitrogens with two attached hydrogens (primary N) is 1. The van der Waals surface area contributed by atoms with Crippen LogP contribution in [0.5, 0.6) is 0 Å². The molecule has 0 bridgehead atoms. The van der Waals surface area contributed by atoms with Crippen LogP contribution in [0.2, 0.25) is 0 Å². The first kappa shape index (κ1) is 11.3. The van der Waals surface area contributed by atoms with Gasteiger partial charge in [0.15, 0.2) is 0 Å². The van der Waals surface area contributed by atoms with E-state index >= 15 is 0 Å². The summed E-state index contributed by atoms with van der Waals surface area (Å²) in [7, 11) is 2.14. The van der Waals surface area contributed by atoms with Gasteiger partial charge in [-0.05, 0) is 32.5 Å². The van der Waals surface area contributed by atoms with Crippen LogP contribution in [0.15, 0.2) is 23.0 Å². The van der Waals surface area contributed by atoms with E-state index in [4.69, 9.17) is 10.2 Å². The Balaban J connectivity index is 2.43. The first-order valence-corrected chi connectivity index (χ1v) is 5.19. The predicted molar refractivity (Wildman–Crippen MR) is 57.9 cm³/mol. The third kappa shape index (κ3) is 3.16. The Hall–Kier alpha value is -0.800. The average Bonchev–Trinajstić information content (AvgIpc) is 2.66. The van der Waals surface area contributed by atoms with E-state index in [0.29, 0.717) is 6.04 Å². The van der Waals surface area contributed by atoms with Crippen LogP contribution >= 0.6 is 0 Å². The Kier molecular flexibility index (Phi) is 4.70. The molecule has 0 aliphatic heterocycles. The van der Waals surface area contributed by atoms with Crippen molar-refractivity contribution in [3.8, 4) is 0 Å². The van der Waals surface area contributed by atoms with E-state index < -0.39 is 0 Å². The van der Waals surface area contributed by atoms with Crippen LogP contribution < -0.4 is 5.73 Å². The standard InChI is InChI=1S/C11H20N2O/c1-3-11(4-6-12)13(2)8-10-5-7-14-9-10/h5,7,9,11H,3-4,6,8,12H2,1-2H3. The van der Waals surface area contributed by atoms with Gasteiger partial charge in [0.1, 0.15) is 0 Å². The maximum atomic E-state index is 5.57. The number of rotatable bonds is 6. The van der Waals surface area contributed by atoms with E-state index in [0.717, 1.165) is 25.9 Å². The lowest BCUT2D eigenvalue weighted by molar-refractivity contribution is 0.218. The van der Waals surface area contributed by atoms with Gasteiger partial charge in [-0.25, -0.2) is 0 Å². The molecular weight excluding hydrogens is 176 g/mol. The van der Waals surface area contributed by atoms with E-state index in [1.54, 1.807) is 12.5 Å². The molecule has 14 heavy (non-hydrogen) atoms. The molecule has 0 saturated heterocycles. The Labute approximate surface area is 85.9 Å². The zero-order chi connectivity index (χ0) is 10.4. The van der Waals surface area contributed by atoms with Crippen molar-refractivity contribution in [2.24, 2.45) is 5.73 Å². The van der Waals surface area contributed by atoms with Crippen molar-refractivity contribution in [3.63, 3.8) is 0 Å². The molecule has 1 aromatic rings. The zero-order valence-electron chi connectivity index (χ0n) is 9.07. The largest absolute Gasteiger partial charge is 0.472 e. The molecule has 3 nitrogen and oxygen atoms in total. The van der Waals surface area contributed by atoms with Crippen molar-refractivity contribution < 1.29 is 4.42 Å². The first-order chi connectivity index (χ1) is 6.77. The summed E-state index contributed by atoms with van der Waals surface area (Å²) in [5.41, 5.74) is 6.80. The molecule has 1 heterocycles. The maximum Gasteiger partial charge on any atom is 0.0947 e. The number of furan rings is 1. The van der Waals surface area contributed by atoms with Gasteiger partial charge in [-0.3, -0.25) is 4.90 Å². The fourth-order valence-corrected chi connectivity index (χ4v) is 1.73. The Morgan fingerprint density at radius 1 is 1.57 bits per heavy atom. The topological polar surface area (TPSA) is 42.4 Å². The lowest BCUT2D eigenvalue weighted by atomic mass is 10.1. The van der Waals surface area contributed by atoms with Crippen molar-refractivity contribution in [1.29, 1.82) is 0 Å². The van der Waals surface area contributed by atoms with E-state index in [9.17, 15) is 0 Å². The number of hydrogen-bond acceptors (Lipinski definition) is 3. The Morgan fingerprint density at radius 3 is 2.86 bits per heavy atom. The monoisotopic (exact) mass is 196 g/mol. The normalized spacial score (nSPS) is 13.4. The van der Waals surface area contributed by atoms with Crippen LogP contribution in [0.1, 0.15) is 25.3 Å². The summed E-state index contributed by atoms with van der Waals surface area (Å²) in [6, 6.07) is 2.58. The van der Waals surface area contributed by atoms with Gasteiger partial charge < -0.3 is 10.2 Å². The van der Waals surface area contributed by atoms with Crippen LogP contribution in [-0.2, 0) is 6.54 Å². The van der Waals surface area contributed by atoms with Crippen LogP contribution in [-0.4, -0.2) is 24.5 Å². The minimum Gasteiger partial charge on any atom is -0.472 e. The van der Waals surface area contributed by atoms with Gasteiger partial charge >= 0.3 is 0 Å². The van der Waals surface area contributed by atoms with Crippen molar-refractivity contribution >= 4 is 0 Å². The summed E-state index contributed by atoms with van der Waals surface area (Å²) < 4.78 is 5.04. The summed E-state index contributed by atoms with van der Waals surface area (Å²) >= 11 is 0. The van der Waals surface area contributed by atoms with Crippen LogP contribution in [0.25, 0.3) is 0 Å². The minimum atomic E-state index is 0.579. The zero-order valence-corrected chi connectivity index (χ0v) is 9.07. The SMILES string of the molecule is CCC(CCN)N(C)Cc1ccoc1. The maximum absolute atomic E-state index is 5.57. The first-order valence-electron chi connectivity index (χ1n) is 5.19. The van der Waals surface area contributed by atoms with Gasteiger partial charge in [-0.15, -0.1) is 0 Å². The second kappa shape index (κ2) is 5.83. The molecule has 1 atom stereocenters. The molecule has 1 aromatic heterocycles. The summed E-state index contributed by atoms with van der Waals surface area (Å²) in [6.45, 7) is 3.90. The number of nitrogens with zero attached hydrogens (tertiary/aromatic N) is 1. The van der Waals surface area contributed by atoms with E-state index in [1.165, 1.54) is 5.56 Å². The Morgan fingerprint density at radius 2 is 2.36 bits per heavy atom. The fourth-order valence-electron chi connectivity index (χ4n) is 1.73. The second-order valence-corrected chi connectivity index (χ2v) is 3.69. The predicted octanol–water partition coefficient (Wildman–Crippen LogP) is 1.84. The molecule has 0 aromatic carbocycles. The van der Waals surface area contributed by atoms with Crippen LogP contribution in [0, 0.1) is 0 Å². The molecule has 0 aliphatic carbocycles. The highest BCUT2D eigenvalue weighted by Crippen LogP contribution is 2.11. The molecule has 0 spiro atoms. The highest BCUT2D eigenvalue weighted by atomic mass is 16.3. The smallest absolute Gasteiger partial charge is 0.0947 e. The van der Waals surface area contributed by atoms with Crippen LogP contribution in [0.3, 0.4) is 0 Å². The summed E-state index contributed by atoms with van der Waals surface area (Å²) in [5, 5.41) is 0. The van der Waals surface area contributed by atoms with Crippen molar-refractivity contribution in [1.82, 2.24) is 4.90 Å². The molecule has 1 rings (SSSR count). The summed E-state index contributed by atoms with van der Waals surface area (Å²) in [6.07, 6.45) is 5.72. The fraction of sp³-hybridized carbons (Fsp3) is 0.636. The van der Waals surface area contributed by atoms with Gasteiger partial charge in [0.2, 0.25) is 0 Å². The molecule has 0 aliphatic rings. The minimum absolute atomic E-state index is 0.579. The van der Waals surface area contributed by atoms with Gasteiger partial charge in [0, 0.05) is 18.2 Å². The molecular formula is C11H20N2O. The highest BCUT2D eigenvalue weighted by molar-refractivity contribution is 5.04. The molecule has 3 heteroatoms. The molecule has 80 valence electrons. The molecule has 0 amide bonds. The molecule has 0 radical (unpaired) electrons. The van der Waals surface area contributed by atoms with E-state index in [-0.39, 0.29) is 0 Å². The number of hydrogen-bond donors (Lipinski definition) is 1. The van der Waals surface area contributed by atoms with Gasteiger partial charge in [-0.1, -0.05) is 6.92 Å². The molecule has 1 unspecified atom stereocenters. The highest BCUT2D eigenvalue weighted by Gasteiger charge is 2.12. The van der Waals surface area contributed by atoms with Gasteiger partial charge in [0.25, 0.3) is 0 Å². The molecule has 0 fully saturated rings. The lowest BCUT2D eigenvalue weighted by Crippen LogP contribution is -2.32. The summed E-state index contributed by atoms with van der Waals surface area (Å²) in [5.74, 6) is 0.